The quantitative estimate of drug-likeness (QED) is 0.883. The van der Waals surface area contributed by atoms with Crippen LogP contribution in [-0.2, 0) is 4.79 Å². The van der Waals surface area contributed by atoms with Crippen LogP contribution in [0.4, 0.5) is 0 Å². The van der Waals surface area contributed by atoms with Crippen molar-refractivity contribution < 1.29 is 9.53 Å². The van der Waals surface area contributed by atoms with Gasteiger partial charge in [0.25, 0.3) is 0 Å². The highest BCUT2D eigenvalue weighted by Crippen LogP contribution is 2.35. The number of fused-ring (bicyclic) bond motifs is 1. The van der Waals surface area contributed by atoms with Crippen LogP contribution in [0.5, 0.6) is 5.75 Å². The minimum Gasteiger partial charge on any atom is -0.485 e. The number of rotatable bonds is 3. The molecule has 1 heterocycles. The normalized spacial score (nSPS) is 21.4. The zero-order valence-electron chi connectivity index (χ0n) is 12.7. The maximum Gasteiger partial charge on any atom is 0.243 e. The van der Waals surface area contributed by atoms with Crippen molar-refractivity contribution in [1.82, 2.24) is 5.43 Å². The van der Waals surface area contributed by atoms with E-state index in [0.29, 0.717) is 6.42 Å². The lowest BCUT2D eigenvalue weighted by atomic mass is 9.96. The van der Waals surface area contributed by atoms with Crippen LogP contribution in [0.3, 0.4) is 0 Å². The first kappa shape index (κ1) is 14.0. The lowest BCUT2D eigenvalue weighted by Gasteiger charge is -2.27. The SMILES string of the molecule is O=C(N/N=C1/CC(c2ccccc2)Oc2ccccc21)C1CC1. The molecule has 1 aliphatic heterocycles. The molecule has 1 aliphatic carbocycles. The number of ether oxygens (including phenoxy) is 1. The molecule has 2 aromatic carbocycles. The topological polar surface area (TPSA) is 50.7 Å². The van der Waals surface area contributed by atoms with Crippen LogP contribution in [0.15, 0.2) is 59.7 Å². The van der Waals surface area contributed by atoms with Crippen molar-refractivity contribution in [2.45, 2.75) is 25.4 Å². The van der Waals surface area contributed by atoms with E-state index in [1.54, 1.807) is 0 Å². The van der Waals surface area contributed by atoms with Crippen molar-refractivity contribution in [2.75, 3.05) is 0 Å². The van der Waals surface area contributed by atoms with Crippen molar-refractivity contribution in [3.63, 3.8) is 0 Å². The monoisotopic (exact) mass is 306 g/mol. The largest absolute Gasteiger partial charge is 0.485 e. The lowest BCUT2D eigenvalue weighted by Crippen LogP contribution is -2.26. The van der Waals surface area contributed by atoms with E-state index in [4.69, 9.17) is 4.74 Å². The van der Waals surface area contributed by atoms with Gasteiger partial charge in [0, 0.05) is 17.9 Å². The van der Waals surface area contributed by atoms with E-state index in [9.17, 15) is 4.79 Å². The molecule has 2 aliphatic rings. The van der Waals surface area contributed by atoms with E-state index in [-0.39, 0.29) is 17.9 Å². The molecule has 1 fully saturated rings. The molecule has 116 valence electrons. The second-order valence-electron chi connectivity index (χ2n) is 6.03. The highest BCUT2D eigenvalue weighted by Gasteiger charge is 2.30. The first-order valence-corrected chi connectivity index (χ1v) is 7.98. The van der Waals surface area contributed by atoms with Crippen molar-refractivity contribution >= 4 is 11.6 Å². The number of para-hydroxylation sites is 1. The minimum absolute atomic E-state index is 0.0257. The molecule has 1 amide bonds. The maximum atomic E-state index is 11.9. The van der Waals surface area contributed by atoms with Crippen molar-refractivity contribution in [2.24, 2.45) is 11.0 Å². The van der Waals surface area contributed by atoms with Crippen LogP contribution in [-0.4, -0.2) is 11.6 Å². The average molecular weight is 306 g/mol. The van der Waals surface area contributed by atoms with Crippen molar-refractivity contribution in [3.05, 3.63) is 65.7 Å². The molecule has 1 unspecified atom stereocenters. The summed E-state index contributed by atoms with van der Waals surface area (Å²) in [6.45, 7) is 0. The van der Waals surface area contributed by atoms with E-state index in [1.165, 1.54) is 0 Å². The fourth-order valence-electron chi connectivity index (χ4n) is 2.81. The first-order valence-electron chi connectivity index (χ1n) is 7.98. The molecule has 1 N–H and O–H groups in total. The van der Waals surface area contributed by atoms with Crippen molar-refractivity contribution in [1.29, 1.82) is 0 Å². The highest BCUT2D eigenvalue weighted by molar-refractivity contribution is 6.04. The van der Waals surface area contributed by atoms with E-state index in [2.05, 4.69) is 22.7 Å². The lowest BCUT2D eigenvalue weighted by molar-refractivity contribution is -0.122. The molecule has 4 nitrogen and oxygen atoms in total. The van der Waals surface area contributed by atoms with E-state index in [1.807, 2.05) is 42.5 Å². The van der Waals surface area contributed by atoms with E-state index >= 15 is 0 Å². The molecule has 0 saturated heterocycles. The Morgan fingerprint density at radius 3 is 2.57 bits per heavy atom. The molecule has 0 radical (unpaired) electrons. The smallest absolute Gasteiger partial charge is 0.243 e. The molecule has 0 aromatic heterocycles. The fourth-order valence-corrected chi connectivity index (χ4v) is 2.81. The number of benzene rings is 2. The molecule has 1 saturated carbocycles. The van der Waals surface area contributed by atoms with Gasteiger partial charge < -0.3 is 4.74 Å². The number of carbonyl (C=O) groups excluding carboxylic acids is 1. The second kappa shape index (κ2) is 5.88. The number of hydrogen-bond donors (Lipinski definition) is 1. The van der Waals surface area contributed by atoms with Gasteiger partial charge in [0.2, 0.25) is 5.91 Å². The zero-order valence-corrected chi connectivity index (χ0v) is 12.7. The number of nitrogens with zero attached hydrogens (tertiary/aromatic N) is 1. The predicted octanol–water partition coefficient (Wildman–Crippen LogP) is 3.44. The molecule has 4 rings (SSSR count). The van der Waals surface area contributed by atoms with Gasteiger partial charge in [0.15, 0.2) is 0 Å². The summed E-state index contributed by atoms with van der Waals surface area (Å²) < 4.78 is 6.12. The Hall–Kier alpha value is -2.62. The molecule has 0 bridgehead atoms. The zero-order chi connectivity index (χ0) is 15.6. The molecule has 4 heteroatoms. The number of amides is 1. The molecule has 23 heavy (non-hydrogen) atoms. The molecular formula is C19H18N2O2. The number of hydrazone groups is 1. The Bertz CT molecular complexity index is 751. The van der Waals surface area contributed by atoms with Crippen LogP contribution in [0, 0.1) is 5.92 Å². The van der Waals surface area contributed by atoms with Gasteiger partial charge >= 0.3 is 0 Å². The van der Waals surface area contributed by atoms with Gasteiger partial charge in [-0.3, -0.25) is 4.79 Å². The highest BCUT2D eigenvalue weighted by atomic mass is 16.5. The van der Waals surface area contributed by atoms with Gasteiger partial charge in [-0.2, -0.15) is 5.10 Å². The Morgan fingerprint density at radius 1 is 1.04 bits per heavy atom. The van der Waals surface area contributed by atoms with Gasteiger partial charge in [0.1, 0.15) is 11.9 Å². The van der Waals surface area contributed by atoms with E-state index in [0.717, 1.165) is 35.4 Å². The van der Waals surface area contributed by atoms with Gasteiger partial charge in [-0.1, -0.05) is 42.5 Å². The molecule has 0 spiro atoms. The van der Waals surface area contributed by atoms with Gasteiger partial charge in [0.05, 0.1) is 5.71 Å². The molecular weight excluding hydrogens is 288 g/mol. The minimum atomic E-state index is -0.0809. The van der Waals surface area contributed by atoms with Crippen LogP contribution in [0.25, 0.3) is 0 Å². The molecule has 2 aromatic rings. The number of hydrogen-bond acceptors (Lipinski definition) is 3. The van der Waals surface area contributed by atoms with Crippen LogP contribution < -0.4 is 10.2 Å². The standard InChI is InChI=1S/C19H18N2O2/c22-19(14-10-11-14)21-20-16-12-18(13-6-2-1-3-7-13)23-17-9-5-4-8-15(16)17/h1-9,14,18H,10-12H2,(H,21,22)/b20-16-. The summed E-state index contributed by atoms with van der Waals surface area (Å²) in [5.41, 5.74) is 5.66. The fraction of sp³-hybridized carbons (Fsp3) is 0.263. The van der Waals surface area contributed by atoms with Crippen LogP contribution in [0.2, 0.25) is 0 Å². The summed E-state index contributed by atoms with van der Waals surface area (Å²) in [5.74, 6) is 0.990. The van der Waals surface area contributed by atoms with E-state index < -0.39 is 0 Å². The Balaban J connectivity index is 1.63. The third-order valence-electron chi connectivity index (χ3n) is 4.27. The van der Waals surface area contributed by atoms with Gasteiger partial charge in [-0.15, -0.1) is 0 Å². The third kappa shape index (κ3) is 2.97. The molecule has 1 atom stereocenters. The summed E-state index contributed by atoms with van der Waals surface area (Å²) in [6, 6.07) is 18.0. The number of carbonyl (C=O) groups is 1. The average Bonchev–Trinajstić information content (AvgIpc) is 3.45. The number of nitrogens with one attached hydrogen (secondary N) is 1. The van der Waals surface area contributed by atoms with Gasteiger partial charge in [-0.25, -0.2) is 5.43 Å². The first-order chi connectivity index (χ1) is 11.3. The predicted molar refractivity (Wildman–Crippen MR) is 88.3 cm³/mol. The van der Waals surface area contributed by atoms with Crippen LogP contribution in [0.1, 0.15) is 36.5 Å². The third-order valence-corrected chi connectivity index (χ3v) is 4.27. The summed E-state index contributed by atoms with van der Waals surface area (Å²) >= 11 is 0. The summed E-state index contributed by atoms with van der Waals surface area (Å²) in [7, 11) is 0. The maximum absolute atomic E-state index is 11.9. The van der Waals surface area contributed by atoms with Gasteiger partial charge in [-0.05, 0) is 30.5 Å². The summed E-state index contributed by atoms with van der Waals surface area (Å²) in [5, 5.41) is 4.40. The van der Waals surface area contributed by atoms with Crippen LogP contribution >= 0.6 is 0 Å². The summed E-state index contributed by atoms with van der Waals surface area (Å²) in [6.07, 6.45) is 2.51. The van der Waals surface area contributed by atoms with Crippen molar-refractivity contribution in [3.8, 4) is 5.75 Å². The summed E-state index contributed by atoms with van der Waals surface area (Å²) in [4.78, 5) is 11.9. The Kier molecular flexibility index (Phi) is 3.58. The Labute approximate surface area is 135 Å². The Morgan fingerprint density at radius 2 is 1.78 bits per heavy atom. The second-order valence-corrected chi connectivity index (χ2v) is 6.03.